The van der Waals surface area contributed by atoms with Gasteiger partial charge in [0, 0.05) is 21.5 Å². The fourth-order valence-electron chi connectivity index (χ4n) is 1.66. The number of thioether (sulfide) groups is 1. The summed E-state index contributed by atoms with van der Waals surface area (Å²) >= 11 is 5.30. The van der Waals surface area contributed by atoms with Gasteiger partial charge in [-0.1, -0.05) is 29.8 Å². The number of hydrogen-bond donors (Lipinski definition) is 1. The molecule has 0 saturated carbocycles. The zero-order valence-electron chi connectivity index (χ0n) is 11.2. The van der Waals surface area contributed by atoms with Gasteiger partial charge in [0.2, 0.25) is 0 Å². The van der Waals surface area contributed by atoms with Crippen LogP contribution in [0.15, 0.2) is 22.7 Å². The van der Waals surface area contributed by atoms with E-state index in [0.717, 1.165) is 22.2 Å². The van der Waals surface area contributed by atoms with Crippen LogP contribution in [0.2, 0.25) is 0 Å². The van der Waals surface area contributed by atoms with Crippen LogP contribution in [0, 0.1) is 5.82 Å². The minimum atomic E-state index is -0.177. The van der Waals surface area contributed by atoms with Gasteiger partial charge in [0.15, 0.2) is 0 Å². The van der Waals surface area contributed by atoms with Crippen LogP contribution in [0.5, 0.6) is 0 Å². The van der Waals surface area contributed by atoms with E-state index in [1.54, 1.807) is 6.07 Å². The van der Waals surface area contributed by atoms with Crippen LogP contribution in [0.3, 0.4) is 0 Å². The van der Waals surface area contributed by atoms with Gasteiger partial charge in [-0.05, 0) is 43.7 Å². The lowest BCUT2D eigenvalue weighted by atomic mass is 10.1. The Balaban J connectivity index is 2.56. The Morgan fingerprint density at radius 1 is 1.39 bits per heavy atom. The lowest BCUT2D eigenvalue weighted by Crippen LogP contribution is -2.30. The third-order valence-corrected chi connectivity index (χ3v) is 4.92. The third-order valence-electron chi connectivity index (χ3n) is 2.97. The molecular weight excluding hydrogens is 313 g/mol. The molecule has 18 heavy (non-hydrogen) atoms. The molecular formula is C14H21BrFNS. The molecule has 102 valence electrons. The van der Waals surface area contributed by atoms with Crippen molar-refractivity contribution < 1.29 is 4.39 Å². The summed E-state index contributed by atoms with van der Waals surface area (Å²) in [6, 6.07) is 5.48. The number of benzene rings is 1. The van der Waals surface area contributed by atoms with Gasteiger partial charge >= 0.3 is 0 Å². The first-order valence-electron chi connectivity index (χ1n) is 6.29. The van der Waals surface area contributed by atoms with Gasteiger partial charge in [-0.15, -0.1) is 0 Å². The number of nitrogens with one attached hydrogen (secondary N) is 1. The molecule has 0 amide bonds. The van der Waals surface area contributed by atoms with Crippen molar-refractivity contribution in [1.82, 2.24) is 5.32 Å². The molecule has 0 fully saturated rings. The molecule has 2 atom stereocenters. The monoisotopic (exact) mass is 333 g/mol. The van der Waals surface area contributed by atoms with E-state index in [0.29, 0.717) is 11.3 Å². The summed E-state index contributed by atoms with van der Waals surface area (Å²) in [6.45, 7) is 4.45. The third kappa shape index (κ3) is 5.72. The highest BCUT2D eigenvalue weighted by molar-refractivity contribution is 9.10. The molecule has 1 aromatic rings. The SMILES string of the molecule is CCC(C)SCC(Cc1cc(F)cc(Br)c1)NC. The number of halogens is 2. The van der Waals surface area contributed by atoms with Crippen molar-refractivity contribution in [3.8, 4) is 0 Å². The topological polar surface area (TPSA) is 12.0 Å². The molecule has 0 radical (unpaired) electrons. The molecule has 2 unspecified atom stereocenters. The molecule has 0 aliphatic heterocycles. The van der Waals surface area contributed by atoms with Crippen molar-refractivity contribution in [2.24, 2.45) is 0 Å². The summed E-state index contributed by atoms with van der Waals surface area (Å²) < 4.78 is 14.1. The highest BCUT2D eigenvalue weighted by Crippen LogP contribution is 2.19. The van der Waals surface area contributed by atoms with Crippen LogP contribution in [0.4, 0.5) is 4.39 Å². The second kappa shape index (κ2) is 8.18. The molecule has 4 heteroatoms. The van der Waals surface area contributed by atoms with Crippen molar-refractivity contribution in [2.75, 3.05) is 12.8 Å². The zero-order chi connectivity index (χ0) is 13.5. The number of likely N-dealkylation sites (N-methyl/N-ethyl adjacent to an activating group) is 1. The van der Waals surface area contributed by atoms with Gasteiger partial charge in [0.25, 0.3) is 0 Å². The standard InChI is InChI=1S/C14H21BrFNS/c1-4-10(2)18-9-14(17-3)7-11-5-12(15)8-13(16)6-11/h5-6,8,10,14,17H,4,7,9H2,1-3H3. The highest BCUT2D eigenvalue weighted by Gasteiger charge is 2.10. The Morgan fingerprint density at radius 3 is 2.67 bits per heavy atom. The molecule has 0 aliphatic rings. The molecule has 1 rings (SSSR count). The maximum Gasteiger partial charge on any atom is 0.124 e. The predicted octanol–water partition coefficient (Wildman–Crippen LogP) is 4.25. The summed E-state index contributed by atoms with van der Waals surface area (Å²) in [6.07, 6.45) is 2.04. The van der Waals surface area contributed by atoms with Crippen LogP contribution in [-0.4, -0.2) is 24.1 Å². The largest absolute Gasteiger partial charge is 0.316 e. The first-order valence-corrected chi connectivity index (χ1v) is 8.13. The highest BCUT2D eigenvalue weighted by atomic mass is 79.9. The van der Waals surface area contributed by atoms with Crippen molar-refractivity contribution in [1.29, 1.82) is 0 Å². The summed E-state index contributed by atoms with van der Waals surface area (Å²) in [7, 11) is 1.97. The van der Waals surface area contributed by atoms with E-state index in [-0.39, 0.29) is 5.82 Å². The summed E-state index contributed by atoms with van der Waals surface area (Å²) in [5.41, 5.74) is 1.03. The Labute approximate surface area is 122 Å². The van der Waals surface area contributed by atoms with Crippen LogP contribution in [-0.2, 0) is 6.42 Å². The molecule has 0 bridgehead atoms. The minimum absolute atomic E-state index is 0.177. The Kier molecular flexibility index (Phi) is 7.27. The van der Waals surface area contributed by atoms with Gasteiger partial charge in [-0.2, -0.15) is 11.8 Å². The zero-order valence-corrected chi connectivity index (χ0v) is 13.6. The van der Waals surface area contributed by atoms with E-state index in [1.165, 1.54) is 12.5 Å². The van der Waals surface area contributed by atoms with Gasteiger partial charge < -0.3 is 5.32 Å². The fraction of sp³-hybridized carbons (Fsp3) is 0.571. The van der Waals surface area contributed by atoms with Gasteiger partial charge in [0.1, 0.15) is 5.82 Å². The van der Waals surface area contributed by atoms with Gasteiger partial charge in [0.05, 0.1) is 0 Å². The average molecular weight is 334 g/mol. The molecule has 1 N–H and O–H groups in total. The number of rotatable bonds is 7. The molecule has 1 nitrogen and oxygen atoms in total. The van der Waals surface area contributed by atoms with E-state index >= 15 is 0 Å². The average Bonchev–Trinajstić information content (AvgIpc) is 2.32. The van der Waals surface area contributed by atoms with E-state index in [2.05, 4.69) is 35.1 Å². The Morgan fingerprint density at radius 2 is 2.11 bits per heavy atom. The fourth-order valence-corrected chi connectivity index (χ4v) is 3.25. The van der Waals surface area contributed by atoms with E-state index in [9.17, 15) is 4.39 Å². The smallest absolute Gasteiger partial charge is 0.124 e. The summed E-state index contributed by atoms with van der Waals surface area (Å²) in [5.74, 6) is 0.878. The second-order valence-corrected chi connectivity index (χ2v) is 6.91. The predicted molar refractivity (Wildman–Crippen MR) is 82.9 cm³/mol. The van der Waals surface area contributed by atoms with Crippen LogP contribution in [0.1, 0.15) is 25.8 Å². The molecule has 0 saturated heterocycles. The van der Waals surface area contributed by atoms with Crippen LogP contribution < -0.4 is 5.32 Å². The minimum Gasteiger partial charge on any atom is -0.316 e. The lowest BCUT2D eigenvalue weighted by Gasteiger charge is -2.18. The Hall–Kier alpha value is -0.0600. The Bertz CT molecular complexity index is 353. The van der Waals surface area contributed by atoms with Crippen molar-refractivity contribution in [3.63, 3.8) is 0 Å². The van der Waals surface area contributed by atoms with Crippen molar-refractivity contribution >= 4 is 27.7 Å². The first kappa shape index (κ1) is 16.0. The van der Waals surface area contributed by atoms with Gasteiger partial charge in [-0.25, -0.2) is 4.39 Å². The lowest BCUT2D eigenvalue weighted by molar-refractivity contribution is 0.601. The quantitative estimate of drug-likeness (QED) is 0.800. The molecule has 0 heterocycles. The first-order chi connectivity index (χ1) is 8.55. The molecule has 1 aromatic carbocycles. The number of hydrogen-bond acceptors (Lipinski definition) is 2. The van der Waals surface area contributed by atoms with E-state index in [4.69, 9.17) is 0 Å². The molecule has 0 aromatic heterocycles. The molecule has 0 aliphatic carbocycles. The van der Waals surface area contributed by atoms with E-state index < -0.39 is 0 Å². The van der Waals surface area contributed by atoms with Gasteiger partial charge in [-0.3, -0.25) is 0 Å². The van der Waals surface area contributed by atoms with Crippen molar-refractivity contribution in [3.05, 3.63) is 34.1 Å². The maximum absolute atomic E-state index is 13.3. The normalized spacial score (nSPS) is 14.5. The van der Waals surface area contributed by atoms with Crippen molar-refractivity contribution in [2.45, 2.75) is 38.0 Å². The second-order valence-electron chi connectivity index (χ2n) is 4.52. The van der Waals surface area contributed by atoms with E-state index in [1.807, 2.05) is 24.9 Å². The maximum atomic E-state index is 13.3. The van der Waals surface area contributed by atoms with Crippen LogP contribution >= 0.6 is 27.7 Å². The summed E-state index contributed by atoms with van der Waals surface area (Å²) in [5, 5.41) is 3.99. The van der Waals surface area contributed by atoms with Crippen LogP contribution in [0.25, 0.3) is 0 Å². The molecule has 0 spiro atoms. The summed E-state index contributed by atoms with van der Waals surface area (Å²) in [4.78, 5) is 0.